The molecule has 188 valence electrons. The number of hydrazine groups is 1. The molecular weight excluding hydrogens is 500 g/mol. The SMILES string of the molecule is CC(=O)NNc1nc(C)c(/C(C=Cc2ccc(NC(C)=O)cc2)=N/NS(=O)(=O)c2ccc(C)cc2)s1. The van der Waals surface area contributed by atoms with Gasteiger partial charge in [0.25, 0.3) is 10.0 Å². The lowest BCUT2D eigenvalue weighted by molar-refractivity contribution is -0.118. The summed E-state index contributed by atoms with van der Waals surface area (Å²) < 4.78 is 25.6. The minimum Gasteiger partial charge on any atom is -0.326 e. The molecule has 0 saturated carbocycles. The Bertz CT molecular complexity index is 1410. The fourth-order valence-electron chi connectivity index (χ4n) is 2.93. The molecular formula is C24H26N6O4S2. The Morgan fingerprint density at radius 3 is 2.25 bits per heavy atom. The van der Waals surface area contributed by atoms with E-state index in [1.54, 1.807) is 55.5 Å². The zero-order chi connectivity index (χ0) is 26.3. The fourth-order valence-corrected chi connectivity index (χ4v) is 4.64. The summed E-state index contributed by atoms with van der Waals surface area (Å²) in [6, 6.07) is 13.5. The van der Waals surface area contributed by atoms with Crippen LogP contribution in [0.2, 0.25) is 0 Å². The van der Waals surface area contributed by atoms with Crippen LogP contribution in [-0.2, 0) is 19.6 Å². The van der Waals surface area contributed by atoms with Gasteiger partial charge in [-0.3, -0.25) is 20.4 Å². The van der Waals surface area contributed by atoms with Gasteiger partial charge in [0, 0.05) is 19.5 Å². The average Bonchev–Trinajstić information content (AvgIpc) is 3.19. The molecule has 0 bridgehead atoms. The van der Waals surface area contributed by atoms with E-state index in [1.165, 1.54) is 37.3 Å². The number of aryl methyl sites for hydroxylation is 2. The van der Waals surface area contributed by atoms with Crippen LogP contribution in [0, 0.1) is 13.8 Å². The van der Waals surface area contributed by atoms with Crippen molar-refractivity contribution in [3.05, 3.63) is 76.3 Å². The van der Waals surface area contributed by atoms with E-state index >= 15 is 0 Å². The van der Waals surface area contributed by atoms with Crippen molar-refractivity contribution in [2.75, 3.05) is 10.7 Å². The normalized spacial score (nSPS) is 11.8. The van der Waals surface area contributed by atoms with E-state index in [2.05, 4.69) is 31.1 Å². The number of carbonyl (C=O) groups is 2. The number of benzene rings is 2. The Labute approximate surface area is 213 Å². The van der Waals surface area contributed by atoms with Crippen LogP contribution in [0.5, 0.6) is 0 Å². The number of anilines is 2. The van der Waals surface area contributed by atoms with Crippen LogP contribution < -0.4 is 21.0 Å². The Balaban J connectivity index is 1.93. The molecule has 0 aliphatic carbocycles. The van der Waals surface area contributed by atoms with E-state index in [4.69, 9.17) is 0 Å². The number of hydrogen-bond donors (Lipinski definition) is 4. The van der Waals surface area contributed by atoms with Crippen LogP contribution in [-0.4, -0.2) is 30.9 Å². The first-order valence-corrected chi connectivity index (χ1v) is 13.1. The van der Waals surface area contributed by atoms with E-state index in [9.17, 15) is 18.0 Å². The van der Waals surface area contributed by atoms with Gasteiger partial charge in [0.15, 0.2) is 0 Å². The molecule has 10 nitrogen and oxygen atoms in total. The van der Waals surface area contributed by atoms with Gasteiger partial charge >= 0.3 is 0 Å². The largest absolute Gasteiger partial charge is 0.326 e. The summed E-state index contributed by atoms with van der Waals surface area (Å²) in [6.45, 7) is 6.42. The van der Waals surface area contributed by atoms with Crippen molar-refractivity contribution in [1.82, 2.24) is 15.2 Å². The van der Waals surface area contributed by atoms with Crippen LogP contribution in [0.3, 0.4) is 0 Å². The standard InChI is InChI=1S/C24H26N6O4S2/c1-15-5-12-21(13-6-15)36(33,34)30-28-22(23-16(2)25-24(35-23)29-27-18(4)32)14-9-19-7-10-20(11-8-19)26-17(3)31/h5-14,30H,1-4H3,(H,25,29)(H,26,31)(H,27,32)/b14-9?,28-22+. The van der Waals surface area contributed by atoms with Crippen LogP contribution in [0.25, 0.3) is 6.08 Å². The minimum absolute atomic E-state index is 0.0859. The third-order valence-electron chi connectivity index (χ3n) is 4.66. The zero-order valence-electron chi connectivity index (χ0n) is 20.1. The minimum atomic E-state index is -3.91. The molecule has 0 radical (unpaired) electrons. The third kappa shape index (κ3) is 7.48. The highest BCUT2D eigenvalue weighted by Crippen LogP contribution is 2.24. The number of thiazole rings is 1. The summed E-state index contributed by atoms with van der Waals surface area (Å²) in [5.41, 5.74) is 8.48. The monoisotopic (exact) mass is 526 g/mol. The highest BCUT2D eigenvalue weighted by atomic mass is 32.2. The molecule has 0 aliphatic rings. The van der Waals surface area contributed by atoms with Crippen molar-refractivity contribution in [2.45, 2.75) is 32.6 Å². The number of carbonyl (C=O) groups excluding carboxylic acids is 2. The maximum atomic E-state index is 12.8. The number of aromatic nitrogens is 1. The lowest BCUT2D eigenvalue weighted by Crippen LogP contribution is -2.26. The molecule has 0 unspecified atom stereocenters. The highest BCUT2D eigenvalue weighted by molar-refractivity contribution is 7.89. The molecule has 3 rings (SSSR count). The molecule has 36 heavy (non-hydrogen) atoms. The second-order valence-corrected chi connectivity index (χ2v) is 10.4. The summed E-state index contributed by atoms with van der Waals surface area (Å²) in [6.07, 6.45) is 3.42. The van der Waals surface area contributed by atoms with Gasteiger partial charge < -0.3 is 5.32 Å². The zero-order valence-corrected chi connectivity index (χ0v) is 21.8. The molecule has 0 atom stereocenters. The van der Waals surface area contributed by atoms with Crippen LogP contribution in [0.15, 0.2) is 64.6 Å². The molecule has 1 aromatic heterocycles. The van der Waals surface area contributed by atoms with Crippen molar-refractivity contribution in [3.8, 4) is 0 Å². The van der Waals surface area contributed by atoms with Gasteiger partial charge in [0.2, 0.25) is 16.9 Å². The number of nitrogens with zero attached hydrogens (tertiary/aromatic N) is 2. The number of amides is 2. The summed E-state index contributed by atoms with van der Waals surface area (Å²) in [5.74, 6) is -0.454. The number of rotatable bonds is 9. The van der Waals surface area contributed by atoms with Gasteiger partial charge in [-0.15, -0.1) is 0 Å². The van der Waals surface area contributed by atoms with E-state index in [1.807, 2.05) is 6.92 Å². The number of allylic oxidation sites excluding steroid dienone is 1. The molecule has 2 aromatic carbocycles. The molecule has 0 saturated heterocycles. The molecule has 4 N–H and O–H groups in total. The Hall–Kier alpha value is -4.03. The smallest absolute Gasteiger partial charge is 0.276 e. The number of sulfonamides is 1. The van der Waals surface area contributed by atoms with E-state index in [0.29, 0.717) is 27.1 Å². The van der Waals surface area contributed by atoms with Gasteiger partial charge in [-0.1, -0.05) is 47.2 Å². The van der Waals surface area contributed by atoms with Crippen molar-refractivity contribution >= 4 is 55.8 Å². The molecule has 12 heteroatoms. The van der Waals surface area contributed by atoms with E-state index in [0.717, 1.165) is 11.1 Å². The molecule has 2 amide bonds. The maximum Gasteiger partial charge on any atom is 0.276 e. The number of nitrogens with one attached hydrogen (secondary N) is 4. The molecule has 0 spiro atoms. The molecule has 0 fully saturated rings. The van der Waals surface area contributed by atoms with Gasteiger partial charge in [-0.05, 0) is 49.8 Å². The van der Waals surface area contributed by atoms with Crippen LogP contribution >= 0.6 is 11.3 Å². The third-order valence-corrected chi connectivity index (χ3v) is 6.98. The van der Waals surface area contributed by atoms with Gasteiger partial charge in [-0.25, -0.2) is 4.98 Å². The fraction of sp³-hybridized carbons (Fsp3) is 0.167. The van der Waals surface area contributed by atoms with Crippen LogP contribution in [0.1, 0.15) is 35.5 Å². The first kappa shape index (κ1) is 26.6. The van der Waals surface area contributed by atoms with Gasteiger partial charge in [0.1, 0.15) is 5.71 Å². The molecule has 0 aliphatic heterocycles. The average molecular weight is 527 g/mol. The molecule has 3 aromatic rings. The first-order chi connectivity index (χ1) is 17.0. The van der Waals surface area contributed by atoms with Gasteiger partial charge in [0.05, 0.1) is 15.5 Å². The van der Waals surface area contributed by atoms with Crippen LogP contribution in [0.4, 0.5) is 10.8 Å². The van der Waals surface area contributed by atoms with Crippen molar-refractivity contribution in [2.24, 2.45) is 5.10 Å². The van der Waals surface area contributed by atoms with Crippen molar-refractivity contribution < 1.29 is 18.0 Å². The van der Waals surface area contributed by atoms with E-state index in [-0.39, 0.29) is 16.7 Å². The Kier molecular flexibility index (Phi) is 8.56. The lowest BCUT2D eigenvalue weighted by Gasteiger charge is -2.06. The summed E-state index contributed by atoms with van der Waals surface area (Å²) in [7, 11) is -3.91. The summed E-state index contributed by atoms with van der Waals surface area (Å²) in [5, 5.41) is 7.31. The summed E-state index contributed by atoms with van der Waals surface area (Å²) in [4.78, 5) is 29.8. The second-order valence-electron chi connectivity index (χ2n) is 7.78. The molecule has 1 heterocycles. The highest BCUT2D eigenvalue weighted by Gasteiger charge is 2.16. The predicted molar refractivity (Wildman–Crippen MR) is 142 cm³/mol. The predicted octanol–water partition coefficient (Wildman–Crippen LogP) is 3.58. The van der Waals surface area contributed by atoms with Crippen molar-refractivity contribution in [3.63, 3.8) is 0 Å². The summed E-state index contributed by atoms with van der Waals surface area (Å²) >= 11 is 1.20. The van der Waals surface area contributed by atoms with Crippen molar-refractivity contribution in [1.29, 1.82) is 0 Å². The second kappa shape index (κ2) is 11.6. The lowest BCUT2D eigenvalue weighted by atomic mass is 10.1. The van der Waals surface area contributed by atoms with Gasteiger partial charge in [-0.2, -0.15) is 18.4 Å². The maximum absolute atomic E-state index is 12.8. The first-order valence-electron chi connectivity index (χ1n) is 10.8. The number of hydrazone groups is 1. The topological polar surface area (TPSA) is 142 Å². The quantitative estimate of drug-likeness (QED) is 0.248. The number of hydrogen-bond acceptors (Lipinski definition) is 8. The van der Waals surface area contributed by atoms with E-state index < -0.39 is 10.0 Å². The Morgan fingerprint density at radius 2 is 1.64 bits per heavy atom. The Morgan fingerprint density at radius 1 is 0.972 bits per heavy atom.